The normalized spacial score (nSPS) is 12.5. The number of hydrogen-bond donors (Lipinski definition) is 2. The molecule has 0 aliphatic heterocycles. The van der Waals surface area contributed by atoms with Crippen LogP contribution in [-0.4, -0.2) is 51.1 Å². The van der Waals surface area contributed by atoms with Crippen molar-refractivity contribution in [3.63, 3.8) is 0 Å². The second kappa shape index (κ2) is 7.52. The minimum atomic E-state index is -0.871. The second-order valence-electron chi connectivity index (χ2n) is 4.59. The van der Waals surface area contributed by atoms with Crippen molar-refractivity contribution in [2.45, 2.75) is 19.9 Å². The molecule has 3 N–H and O–H groups in total. The van der Waals surface area contributed by atoms with E-state index in [-0.39, 0.29) is 6.54 Å². The lowest BCUT2D eigenvalue weighted by Crippen LogP contribution is -2.39. The number of aryl methyl sites for hydroxylation is 1. The van der Waals surface area contributed by atoms with Gasteiger partial charge in [0.25, 0.3) is 0 Å². The van der Waals surface area contributed by atoms with Crippen LogP contribution in [0.1, 0.15) is 13.3 Å². The highest BCUT2D eigenvalue weighted by Crippen LogP contribution is 2.02. The van der Waals surface area contributed by atoms with Crippen LogP contribution in [0, 0.1) is 5.92 Å². The standard InChI is InChI=1S/C12H20N4O3/c1-10(12(18)19)7-16(8-11(13)17)5-2-4-15-6-3-14-9-15/h3,6,9-10H,2,4-5,7-8H2,1H3,(H2,13,17)(H,18,19). The maximum atomic E-state index is 11.0. The topological polar surface area (TPSA) is 101 Å². The maximum absolute atomic E-state index is 11.0. The minimum Gasteiger partial charge on any atom is -0.481 e. The highest BCUT2D eigenvalue weighted by molar-refractivity contribution is 5.76. The number of primary amides is 1. The molecule has 0 spiro atoms. The van der Waals surface area contributed by atoms with Crippen LogP contribution < -0.4 is 5.73 Å². The summed E-state index contributed by atoms with van der Waals surface area (Å²) in [5.74, 6) is -1.84. The number of aromatic nitrogens is 2. The number of imidazole rings is 1. The molecule has 1 unspecified atom stereocenters. The average Bonchev–Trinajstić information content (AvgIpc) is 2.80. The van der Waals surface area contributed by atoms with Crippen molar-refractivity contribution in [1.29, 1.82) is 0 Å². The van der Waals surface area contributed by atoms with Gasteiger partial charge in [0.1, 0.15) is 0 Å². The van der Waals surface area contributed by atoms with Crippen molar-refractivity contribution in [2.75, 3.05) is 19.6 Å². The Balaban J connectivity index is 2.40. The number of carbonyl (C=O) groups excluding carboxylic acids is 1. The average molecular weight is 268 g/mol. The van der Waals surface area contributed by atoms with Crippen molar-refractivity contribution >= 4 is 11.9 Å². The molecule has 0 saturated carbocycles. The van der Waals surface area contributed by atoms with Crippen LogP contribution in [0.15, 0.2) is 18.7 Å². The van der Waals surface area contributed by atoms with E-state index in [1.165, 1.54) is 0 Å². The summed E-state index contributed by atoms with van der Waals surface area (Å²) in [7, 11) is 0. The van der Waals surface area contributed by atoms with Gasteiger partial charge in [0, 0.05) is 32.0 Å². The summed E-state index contributed by atoms with van der Waals surface area (Å²) >= 11 is 0. The summed E-state index contributed by atoms with van der Waals surface area (Å²) in [6.45, 7) is 3.42. The van der Waals surface area contributed by atoms with Crippen molar-refractivity contribution in [1.82, 2.24) is 14.5 Å². The predicted octanol–water partition coefficient (Wildman–Crippen LogP) is -0.219. The number of amides is 1. The lowest BCUT2D eigenvalue weighted by Gasteiger charge is -2.22. The van der Waals surface area contributed by atoms with Crippen molar-refractivity contribution in [2.24, 2.45) is 11.7 Å². The van der Waals surface area contributed by atoms with E-state index in [0.29, 0.717) is 13.1 Å². The van der Waals surface area contributed by atoms with Crippen LogP contribution in [-0.2, 0) is 16.1 Å². The molecule has 7 heteroatoms. The van der Waals surface area contributed by atoms with Gasteiger partial charge < -0.3 is 15.4 Å². The van der Waals surface area contributed by atoms with Gasteiger partial charge in [-0.2, -0.15) is 0 Å². The summed E-state index contributed by atoms with van der Waals surface area (Å²) in [6, 6.07) is 0. The third-order valence-electron chi connectivity index (χ3n) is 2.78. The summed E-state index contributed by atoms with van der Waals surface area (Å²) in [5, 5.41) is 8.89. The van der Waals surface area contributed by atoms with E-state index in [1.54, 1.807) is 24.3 Å². The lowest BCUT2D eigenvalue weighted by molar-refractivity contribution is -0.142. The Morgan fingerprint density at radius 1 is 1.53 bits per heavy atom. The number of carboxylic acid groups (broad SMARTS) is 1. The summed E-state index contributed by atoms with van der Waals surface area (Å²) in [6.07, 6.45) is 6.08. The number of aliphatic carboxylic acids is 1. The zero-order chi connectivity index (χ0) is 14.3. The Kier molecular flexibility index (Phi) is 6.01. The summed E-state index contributed by atoms with van der Waals surface area (Å²) in [4.78, 5) is 27.5. The van der Waals surface area contributed by atoms with Crippen LogP contribution >= 0.6 is 0 Å². The molecule has 0 aliphatic rings. The Hall–Kier alpha value is -1.89. The monoisotopic (exact) mass is 268 g/mol. The van der Waals surface area contributed by atoms with E-state index in [9.17, 15) is 9.59 Å². The molecule has 1 aromatic rings. The van der Waals surface area contributed by atoms with Gasteiger partial charge in [-0.3, -0.25) is 14.5 Å². The second-order valence-corrected chi connectivity index (χ2v) is 4.59. The molecule has 0 saturated heterocycles. The Morgan fingerprint density at radius 3 is 2.79 bits per heavy atom. The van der Waals surface area contributed by atoms with Gasteiger partial charge in [0.15, 0.2) is 0 Å². The number of carboxylic acids is 1. The minimum absolute atomic E-state index is 0.0849. The zero-order valence-electron chi connectivity index (χ0n) is 11.0. The van der Waals surface area contributed by atoms with Gasteiger partial charge in [-0.1, -0.05) is 6.92 Å². The van der Waals surface area contributed by atoms with Crippen LogP contribution in [0.25, 0.3) is 0 Å². The quantitative estimate of drug-likeness (QED) is 0.645. The molecule has 7 nitrogen and oxygen atoms in total. The first-order chi connectivity index (χ1) is 8.99. The Morgan fingerprint density at radius 2 is 2.26 bits per heavy atom. The predicted molar refractivity (Wildman–Crippen MR) is 69.3 cm³/mol. The zero-order valence-corrected chi connectivity index (χ0v) is 11.0. The molecule has 1 aromatic heterocycles. The van der Waals surface area contributed by atoms with Crippen molar-refractivity contribution in [3.8, 4) is 0 Å². The first-order valence-electron chi connectivity index (χ1n) is 6.18. The van der Waals surface area contributed by atoms with Crippen molar-refractivity contribution < 1.29 is 14.7 Å². The Bertz CT molecular complexity index is 405. The van der Waals surface area contributed by atoms with E-state index in [0.717, 1.165) is 13.0 Å². The number of carbonyl (C=O) groups is 2. The maximum Gasteiger partial charge on any atom is 0.307 e. The summed E-state index contributed by atoms with van der Waals surface area (Å²) in [5.41, 5.74) is 5.17. The summed E-state index contributed by atoms with van der Waals surface area (Å²) < 4.78 is 1.93. The number of nitrogens with two attached hydrogens (primary N) is 1. The molecule has 1 rings (SSSR count). The van der Waals surface area contributed by atoms with Gasteiger partial charge in [-0.05, 0) is 6.42 Å². The molecule has 1 amide bonds. The molecule has 0 aliphatic carbocycles. The van der Waals surface area contributed by atoms with Crippen LogP contribution in [0.2, 0.25) is 0 Å². The SMILES string of the molecule is CC(CN(CCCn1ccnc1)CC(N)=O)C(=O)O. The molecular formula is C12H20N4O3. The van der Waals surface area contributed by atoms with Gasteiger partial charge >= 0.3 is 5.97 Å². The Labute approximate surface area is 112 Å². The molecule has 19 heavy (non-hydrogen) atoms. The van der Waals surface area contributed by atoms with Crippen molar-refractivity contribution in [3.05, 3.63) is 18.7 Å². The van der Waals surface area contributed by atoms with Gasteiger partial charge in [0.2, 0.25) is 5.91 Å². The van der Waals surface area contributed by atoms with E-state index >= 15 is 0 Å². The smallest absolute Gasteiger partial charge is 0.307 e. The molecule has 1 heterocycles. The van der Waals surface area contributed by atoms with Crippen LogP contribution in [0.5, 0.6) is 0 Å². The molecular weight excluding hydrogens is 248 g/mol. The highest BCUT2D eigenvalue weighted by atomic mass is 16.4. The van der Waals surface area contributed by atoms with Gasteiger partial charge in [-0.15, -0.1) is 0 Å². The van der Waals surface area contributed by atoms with Gasteiger partial charge in [0.05, 0.1) is 18.8 Å². The highest BCUT2D eigenvalue weighted by Gasteiger charge is 2.17. The first-order valence-corrected chi connectivity index (χ1v) is 6.18. The molecule has 106 valence electrons. The number of nitrogens with zero attached hydrogens (tertiary/aromatic N) is 3. The molecule has 1 atom stereocenters. The fourth-order valence-corrected chi connectivity index (χ4v) is 1.82. The largest absolute Gasteiger partial charge is 0.481 e. The molecule has 0 radical (unpaired) electrons. The molecule has 0 aromatic carbocycles. The third-order valence-corrected chi connectivity index (χ3v) is 2.78. The fourth-order valence-electron chi connectivity index (χ4n) is 1.82. The first kappa shape index (κ1) is 15.2. The lowest BCUT2D eigenvalue weighted by atomic mass is 10.1. The van der Waals surface area contributed by atoms with E-state index in [1.807, 2.05) is 10.8 Å². The number of rotatable bonds is 9. The fraction of sp³-hybridized carbons (Fsp3) is 0.583. The van der Waals surface area contributed by atoms with E-state index < -0.39 is 17.8 Å². The number of hydrogen-bond acceptors (Lipinski definition) is 4. The molecule has 0 fully saturated rings. The van der Waals surface area contributed by atoms with E-state index in [4.69, 9.17) is 10.8 Å². The van der Waals surface area contributed by atoms with E-state index in [2.05, 4.69) is 4.98 Å². The van der Waals surface area contributed by atoms with Crippen LogP contribution in [0.3, 0.4) is 0 Å². The van der Waals surface area contributed by atoms with Crippen LogP contribution in [0.4, 0.5) is 0 Å². The van der Waals surface area contributed by atoms with Gasteiger partial charge in [-0.25, -0.2) is 4.98 Å². The third kappa shape index (κ3) is 6.01. The molecule has 0 bridgehead atoms.